The molecule has 0 amide bonds. The van der Waals surface area contributed by atoms with E-state index in [-0.39, 0.29) is 18.4 Å². The summed E-state index contributed by atoms with van der Waals surface area (Å²) in [5, 5.41) is 7.40. The van der Waals surface area contributed by atoms with E-state index in [1.807, 2.05) is 6.07 Å². The molecule has 0 aliphatic heterocycles. The van der Waals surface area contributed by atoms with E-state index in [4.69, 9.17) is 4.74 Å². The summed E-state index contributed by atoms with van der Waals surface area (Å²) in [4.78, 5) is 3.47. The lowest BCUT2D eigenvalue weighted by atomic mass is 10.00. The molecule has 2 N–H and O–H groups in total. The number of hydrogen-bond donors (Lipinski definition) is 2. The van der Waals surface area contributed by atoms with Crippen molar-refractivity contribution in [2.24, 2.45) is 0 Å². The fourth-order valence-electron chi connectivity index (χ4n) is 3.39. The second kappa shape index (κ2) is 7.81. The van der Waals surface area contributed by atoms with Gasteiger partial charge in [0.1, 0.15) is 5.75 Å². The summed E-state index contributed by atoms with van der Waals surface area (Å²) in [5.74, 6) is 0.884. The Kier molecular flexibility index (Phi) is 5.50. The minimum absolute atomic E-state index is 0. The molecule has 4 aromatic rings. The molecule has 134 valence electrons. The number of halogens is 1. The van der Waals surface area contributed by atoms with E-state index in [1.54, 1.807) is 7.11 Å². The minimum Gasteiger partial charge on any atom is -0.497 e. The fourth-order valence-corrected chi connectivity index (χ4v) is 3.39. The van der Waals surface area contributed by atoms with Crippen molar-refractivity contribution in [3.63, 3.8) is 0 Å². The van der Waals surface area contributed by atoms with Gasteiger partial charge in [-0.2, -0.15) is 0 Å². The van der Waals surface area contributed by atoms with Crippen molar-refractivity contribution < 1.29 is 4.74 Å². The third-order valence-electron chi connectivity index (χ3n) is 4.77. The van der Waals surface area contributed by atoms with Crippen LogP contribution in [0, 0.1) is 0 Å². The lowest BCUT2D eigenvalue weighted by molar-refractivity contribution is 0.415. The van der Waals surface area contributed by atoms with Gasteiger partial charge in [-0.1, -0.05) is 42.5 Å². The molecule has 1 atom stereocenters. The molecule has 0 bridgehead atoms. The topological polar surface area (TPSA) is 37.0 Å². The van der Waals surface area contributed by atoms with E-state index in [1.165, 1.54) is 27.4 Å². The van der Waals surface area contributed by atoms with E-state index < -0.39 is 0 Å². The maximum absolute atomic E-state index is 5.30. The number of rotatable bonds is 5. The second-order valence-corrected chi connectivity index (χ2v) is 6.42. The average Bonchev–Trinajstić information content (AvgIpc) is 3.07. The van der Waals surface area contributed by atoms with Gasteiger partial charge in [-0.3, -0.25) is 0 Å². The number of H-pyrrole nitrogens is 1. The third kappa shape index (κ3) is 3.55. The van der Waals surface area contributed by atoms with Crippen molar-refractivity contribution in [2.45, 2.75) is 19.5 Å². The van der Waals surface area contributed by atoms with E-state index in [2.05, 4.69) is 77.9 Å². The van der Waals surface area contributed by atoms with Crippen LogP contribution in [0.25, 0.3) is 21.7 Å². The molecule has 3 nitrogen and oxygen atoms in total. The molecule has 1 aromatic heterocycles. The number of benzene rings is 3. The molecule has 1 unspecified atom stereocenters. The second-order valence-electron chi connectivity index (χ2n) is 6.42. The first kappa shape index (κ1) is 18.3. The molecule has 0 aliphatic carbocycles. The number of nitrogens with one attached hydrogen (secondary N) is 2. The monoisotopic (exact) mass is 366 g/mol. The largest absolute Gasteiger partial charge is 0.497 e. The van der Waals surface area contributed by atoms with E-state index in [9.17, 15) is 0 Å². The summed E-state index contributed by atoms with van der Waals surface area (Å²) >= 11 is 0. The standard InChI is InChI=1S/C22H22N2O.ClH/c1-15(20-9-5-7-16-6-3-4-8-21(16)20)23-14-18-12-17-13-19(25-2)10-11-22(17)24-18;/h3-13,15,23-24H,14H2,1-2H3;1H. The summed E-state index contributed by atoms with van der Waals surface area (Å²) in [6, 6.07) is 23.6. The summed E-state index contributed by atoms with van der Waals surface area (Å²) in [6.45, 7) is 3.01. The van der Waals surface area contributed by atoms with Crippen LogP contribution in [0.3, 0.4) is 0 Å². The Morgan fingerprint density at radius 3 is 2.62 bits per heavy atom. The van der Waals surface area contributed by atoms with Crippen molar-refractivity contribution in [1.82, 2.24) is 10.3 Å². The molecule has 0 aliphatic rings. The number of hydrogen-bond acceptors (Lipinski definition) is 2. The normalized spacial score (nSPS) is 12.1. The number of aromatic amines is 1. The maximum Gasteiger partial charge on any atom is 0.119 e. The molecule has 4 rings (SSSR count). The first-order valence-electron chi connectivity index (χ1n) is 8.61. The average molecular weight is 367 g/mol. The highest BCUT2D eigenvalue weighted by molar-refractivity contribution is 5.86. The molecule has 0 saturated carbocycles. The van der Waals surface area contributed by atoms with Crippen LogP contribution in [0.2, 0.25) is 0 Å². The van der Waals surface area contributed by atoms with E-state index >= 15 is 0 Å². The lowest BCUT2D eigenvalue weighted by Crippen LogP contribution is -2.18. The van der Waals surface area contributed by atoms with Crippen LogP contribution >= 0.6 is 12.4 Å². The number of ether oxygens (including phenoxy) is 1. The van der Waals surface area contributed by atoms with E-state index in [0.717, 1.165) is 17.8 Å². The van der Waals surface area contributed by atoms with Gasteiger partial charge in [0.15, 0.2) is 0 Å². The molecule has 0 radical (unpaired) electrons. The van der Waals surface area contributed by atoms with Crippen LogP contribution in [0.4, 0.5) is 0 Å². The zero-order valence-corrected chi connectivity index (χ0v) is 15.8. The van der Waals surface area contributed by atoms with Crippen LogP contribution in [-0.4, -0.2) is 12.1 Å². The number of methoxy groups -OCH3 is 1. The van der Waals surface area contributed by atoms with Gasteiger partial charge in [-0.25, -0.2) is 0 Å². The first-order valence-corrected chi connectivity index (χ1v) is 8.61. The SMILES string of the molecule is COc1ccc2[nH]c(CNC(C)c3cccc4ccccc34)cc2c1.Cl. The summed E-state index contributed by atoms with van der Waals surface area (Å²) in [5.41, 5.74) is 3.64. The Bertz CT molecular complexity index is 1020. The Balaban J connectivity index is 0.00000196. The third-order valence-corrected chi connectivity index (χ3v) is 4.77. The number of fused-ring (bicyclic) bond motifs is 2. The molecule has 26 heavy (non-hydrogen) atoms. The Labute approximate surface area is 159 Å². The van der Waals surface area contributed by atoms with Gasteiger partial charge in [0.25, 0.3) is 0 Å². The first-order chi connectivity index (χ1) is 12.2. The molecule has 0 spiro atoms. The molecule has 3 aromatic carbocycles. The van der Waals surface area contributed by atoms with Gasteiger partial charge in [0, 0.05) is 29.2 Å². The van der Waals surface area contributed by atoms with E-state index in [0.29, 0.717) is 0 Å². The van der Waals surface area contributed by atoms with Gasteiger partial charge in [-0.05, 0) is 47.5 Å². The van der Waals surface area contributed by atoms with Crippen LogP contribution in [-0.2, 0) is 6.54 Å². The van der Waals surface area contributed by atoms with Gasteiger partial charge in [0.2, 0.25) is 0 Å². The van der Waals surface area contributed by atoms with Crippen molar-refractivity contribution in [3.8, 4) is 5.75 Å². The highest BCUT2D eigenvalue weighted by Crippen LogP contribution is 2.25. The lowest BCUT2D eigenvalue weighted by Gasteiger charge is -2.16. The summed E-state index contributed by atoms with van der Waals surface area (Å²) in [6.07, 6.45) is 0. The summed E-state index contributed by atoms with van der Waals surface area (Å²) in [7, 11) is 1.70. The molecule has 1 heterocycles. The zero-order chi connectivity index (χ0) is 17.2. The summed E-state index contributed by atoms with van der Waals surface area (Å²) < 4.78 is 5.30. The van der Waals surface area contributed by atoms with Crippen molar-refractivity contribution in [1.29, 1.82) is 0 Å². The molecular weight excluding hydrogens is 344 g/mol. The van der Waals surface area contributed by atoms with Crippen LogP contribution in [0.15, 0.2) is 66.7 Å². The molecular formula is C22H23ClN2O. The fraction of sp³-hybridized carbons (Fsp3) is 0.182. The quantitative estimate of drug-likeness (QED) is 0.482. The van der Waals surface area contributed by atoms with Crippen LogP contribution in [0.1, 0.15) is 24.2 Å². The Morgan fingerprint density at radius 1 is 0.962 bits per heavy atom. The highest BCUT2D eigenvalue weighted by Gasteiger charge is 2.09. The molecule has 4 heteroatoms. The predicted octanol–water partition coefficient (Wildman–Crippen LogP) is 5.60. The highest BCUT2D eigenvalue weighted by atomic mass is 35.5. The van der Waals surface area contributed by atoms with Crippen molar-refractivity contribution in [3.05, 3.63) is 78.0 Å². The van der Waals surface area contributed by atoms with Gasteiger partial charge in [-0.15, -0.1) is 12.4 Å². The predicted molar refractivity (Wildman–Crippen MR) is 111 cm³/mol. The zero-order valence-electron chi connectivity index (χ0n) is 15.0. The molecule has 0 fully saturated rings. The smallest absolute Gasteiger partial charge is 0.119 e. The van der Waals surface area contributed by atoms with Crippen LogP contribution in [0.5, 0.6) is 5.75 Å². The van der Waals surface area contributed by atoms with Gasteiger partial charge >= 0.3 is 0 Å². The Hall–Kier alpha value is -2.49. The minimum atomic E-state index is 0. The maximum atomic E-state index is 5.30. The van der Waals surface area contributed by atoms with Crippen molar-refractivity contribution in [2.75, 3.05) is 7.11 Å². The van der Waals surface area contributed by atoms with Gasteiger partial charge in [0.05, 0.1) is 7.11 Å². The van der Waals surface area contributed by atoms with Gasteiger partial charge < -0.3 is 15.0 Å². The Morgan fingerprint density at radius 2 is 1.77 bits per heavy atom. The number of aromatic nitrogens is 1. The van der Waals surface area contributed by atoms with Crippen molar-refractivity contribution >= 4 is 34.1 Å². The molecule has 0 saturated heterocycles. The van der Waals surface area contributed by atoms with Crippen LogP contribution < -0.4 is 10.1 Å².